The molecular weight excluding hydrogens is 502 g/mol. The summed E-state index contributed by atoms with van der Waals surface area (Å²) in [7, 11) is 0. The quantitative estimate of drug-likeness (QED) is 0.0515. The van der Waals surface area contributed by atoms with Crippen LogP contribution in [0.2, 0.25) is 0 Å². The van der Waals surface area contributed by atoms with Crippen LogP contribution >= 0.6 is 0 Å². The number of hydrogen-bond donors (Lipinski definition) is 5. The Hall–Kier alpha value is -1.47. The highest BCUT2D eigenvalue weighted by atomic mass is 16.3. The van der Waals surface area contributed by atoms with Crippen molar-refractivity contribution in [2.75, 3.05) is 6.61 Å². The fourth-order valence-electron chi connectivity index (χ4n) is 4.68. The van der Waals surface area contributed by atoms with E-state index in [1.807, 2.05) is 0 Å². The molecule has 6 nitrogen and oxygen atoms in total. The predicted octanol–water partition coefficient (Wildman–Crippen LogP) is 7.06. The van der Waals surface area contributed by atoms with Crippen LogP contribution in [0, 0.1) is 0 Å². The van der Waals surface area contributed by atoms with Gasteiger partial charge in [0.1, 0.15) is 12.2 Å². The first-order valence-corrected chi connectivity index (χ1v) is 16.4. The molecule has 0 saturated carbocycles. The zero-order valence-corrected chi connectivity index (χ0v) is 25.8. The van der Waals surface area contributed by atoms with E-state index in [1.165, 1.54) is 51.4 Å². The van der Waals surface area contributed by atoms with Gasteiger partial charge in [-0.25, -0.2) is 0 Å². The number of unbranched alkanes of at least 4 members (excludes halogenated alkanes) is 13. The number of aliphatic hydroxyl groups is 4. The minimum absolute atomic E-state index is 0.359. The monoisotopic (exact) mass is 565 g/mol. The Morgan fingerprint density at radius 2 is 1.10 bits per heavy atom. The van der Waals surface area contributed by atoms with Gasteiger partial charge in [-0.3, -0.25) is 4.79 Å². The highest BCUT2D eigenvalue weighted by Crippen LogP contribution is 2.14. The lowest BCUT2D eigenvalue weighted by Gasteiger charge is -2.27. The minimum atomic E-state index is -1.29. The van der Waals surface area contributed by atoms with Crippen LogP contribution in [0.3, 0.4) is 0 Å². The van der Waals surface area contributed by atoms with E-state index >= 15 is 0 Å². The van der Waals surface area contributed by atoms with Crippen molar-refractivity contribution in [2.45, 2.75) is 167 Å². The summed E-state index contributed by atoms with van der Waals surface area (Å²) < 4.78 is 0. The van der Waals surface area contributed by atoms with Crippen molar-refractivity contribution in [1.29, 1.82) is 0 Å². The minimum Gasteiger partial charge on any atom is -0.394 e. The molecule has 40 heavy (non-hydrogen) atoms. The number of aliphatic hydroxyl groups excluding tert-OH is 4. The van der Waals surface area contributed by atoms with E-state index in [-0.39, 0.29) is 0 Å². The molecule has 0 aromatic heterocycles. The average Bonchev–Trinajstić information content (AvgIpc) is 2.96. The van der Waals surface area contributed by atoms with E-state index < -0.39 is 36.9 Å². The summed E-state index contributed by atoms with van der Waals surface area (Å²) in [6.07, 6.45) is 30.2. The SMILES string of the molecule is CC/C=C/CC/C=C/CC/C=C/CCCC(O)C(O)C(CO)NC(=O)C(O)CCCCCCCCCCCCC. The molecule has 4 unspecified atom stereocenters. The molecule has 0 aromatic carbocycles. The predicted molar refractivity (Wildman–Crippen MR) is 168 cm³/mol. The highest BCUT2D eigenvalue weighted by Gasteiger charge is 2.28. The van der Waals surface area contributed by atoms with Gasteiger partial charge in [-0.2, -0.15) is 0 Å². The number of hydrogen-bond acceptors (Lipinski definition) is 5. The Bertz CT molecular complexity index is 648. The van der Waals surface area contributed by atoms with Gasteiger partial charge in [0, 0.05) is 0 Å². The summed E-state index contributed by atoms with van der Waals surface area (Å²) in [6.45, 7) is 3.87. The lowest BCUT2D eigenvalue weighted by atomic mass is 10.00. The van der Waals surface area contributed by atoms with Gasteiger partial charge in [-0.1, -0.05) is 121 Å². The molecular formula is C34H63NO5. The molecule has 0 rings (SSSR count). The van der Waals surface area contributed by atoms with Crippen LogP contribution in [0.1, 0.15) is 142 Å². The maximum atomic E-state index is 12.4. The second kappa shape index (κ2) is 29.0. The summed E-state index contributed by atoms with van der Waals surface area (Å²) in [6, 6.07) is -1.01. The van der Waals surface area contributed by atoms with Crippen LogP contribution in [0.15, 0.2) is 36.5 Å². The zero-order chi connectivity index (χ0) is 29.7. The number of allylic oxidation sites excluding steroid dienone is 6. The van der Waals surface area contributed by atoms with Gasteiger partial charge in [0.2, 0.25) is 5.91 Å². The Morgan fingerprint density at radius 1 is 0.625 bits per heavy atom. The molecule has 0 aliphatic heterocycles. The number of nitrogens with one attached hydrogen (secondary N) is 1. The average molecular weight is 566 g/mol. The van der Waals surface area contributed by atoms with Gasteiger partial charge in [-0.05, 0) is 57.8 Å². The van der Waals surface area contributed by atoms with Gasteiger partial charge < -0.3 is 25.7 Å². The van der Waals surface area contributed by atoms with Crippen LogP contribution < -0.4 is 5.32 Å². The number of carbonyl (C=O) groups excluding carboxylic acids is 1. The van der Waals surface area contributed by atoms with Crippen molar-refractivity contribution in [3.63, 3.8) is 0 Å². The largest absolute Gasteiger partial charge is 0.394 e. The lowest BCUT2D eigenvalue weighted by Crippen LogP contribution is -2.53. The zero-order valence-electron chi connectivity index (χ0n) is 25.8. The smallest absolute Gasteiger partial charge is 0.249 e. The maximum absolute atomic E-state index is 12.4. The summed E-state index contributed by atoms with van der Waals surface area (Å²) >= 11 is 0. The fraction of sp³-hybridized carbons (Fsp3) is 0.794. The Kier molecular flexibility index (Phi) is 28.0. The molecule has 0 spiro atoms. The summed E-state index contributed by atoms with van der Waals surface area (Å²) in [5, 5.41) is 43.2. The van der Waals surface area contributed by atoms with Crippen LogP contribution in [-0.2, 0) is 4.79 Å². The molecule has 0 saturated heterocycles. The highest BCUT2D eigenvalue weighted by molar-refractivity contribution is 5.80. The van der Waals surface area contributed by atoms with Crippen molar-refractivity contribution in [1.82, 2.24) is 5.32 Å². The molecule has 6 heteroatoms. The molecule has 0 aliphatic carbocycles. The second-order valence-electron chi connectivity index (χ2n) is 11.1. The van der Waals surface area contributed by atoms with Crippen molar-refractivity contribution in [3.8, 4) is 0 Å². The third-order valence-electron chi connectivity index (χ3n) is 7.32. The van der Waals surface area contributed by atoms with Gasteiger partial charge in [-0.15, -0.1) is 0 Å². The van der Waals surface area contributed by atoms with E-state index in [9.17, 15) is 25.2 Å². The molecule has 0 fully saturated rings. The molecule has 234 valence electrons. The van der Waals surface area contributed by atoms with Crippen LogP contribution in [0.4, 0.5) is 0 Å². The van der Waals surface area contributed by atoms with Crippen molar-refractivity contribution in [2.24, 2.45) is 0 Å². The molecule has 0 aliphatic rings. The summed E-state index contributed by atoms with van der Waals surface area (Å²) in [5.41, 5.74) is 0. The first-order chi connectivity index (χ1) is 19.5. The Labute approximate surface area is 246 Å². The molecule has 4 atom stereocenters. The van der Waals surface area contributed by atoms with E-state index in [0.717, 1.165) is 57.8 Å². The van der Waals surface area contributed by atoms with Crippen LogP contribution in [-0.4, -0.2) is 57.3 Å². The van der Waals surface area contributed by atoms with Crippen LogP contribution in [0.5, 0.6) is 0 Å². The van der Waals surface area contributed by atoms with Crippen LogP contribution in [0.25, 0.3) is 0 Å². The third kappa shape index (κ3) is 23.3. The van der Waals surface area contributed by atoms with E-state index in [1.54, 1.807) is 0 Å². The van der Waals surface area contributed by atoms with Crippen molar-refractivity contribution < 1.29 is 25.2 Å². The second-order valence-corrected chi connectivity index (χ2v) is 11.1. The summed E-state index contributed by atoms with van der Waals surface area (Å²) in [4.78, 5) is 12.4. The maximum Gasteiger partial charge on any atom is 0.249 e. The topological polar surface area (TPSA) is 110 Å². The van der Waals surface area contributed by atoms with Gasteiger partial charge in [0.05, 0.1) is 18.8 Å². The third-order valence-corrected chi connectivity index (χ3v) is 7.32. The molecule has 0 radical (unpaired) electrons. The van der Waals surface area contributed by atoms with Gasteiger partial charge in [0.15, 0.2) is 0 Å². The standard InChI is InChI=1S/C34H63NO5/c1-3-5-7-9-11-13-15-16-18-19-21-23-25-27-31(37)33(39)30(29-36)35-34(40)32(38)28-26-24-22-20-17-14-12-10-8-6-4-2/h5,7,13,15,19,21,30-33,36-39H,3-4,6,8-12,14,16-18,20,22-29H2,1-2H3,(H,35,40)/b7-5+,15-13+,21-19+. The molecule has 1 amide bonds. The Balaban J connectivity index is 3.98. The fourth-order valence-corrected chi connectivity index (χ4v) is 4.68. The van der Waals surface area contributed by atoms with E-state index in [0.29, 0.717) is 19.3 Å². The number of amides is 1. The lowest BCUT2D eigenvalue weighted by molar-refractivity contribution is -0.132. The van der Waals surface area contributed by atoms with Gasteiger partial charge in [0.25, 0.3) is 0 Å². The first-order valence-electron chi connectivity index (χ1n) is 16.4. The number of carbonyl (C=O) groups is 1. The van der Waals surface area contributed by atoms with E-state index in [2.05, 4.69) is 55.6 Å². The van der Waals surface area contributed by atoms with Gasteiger partial charge >= 0.3 is 0 Å². The molecule has 5 N–H and O–H groups in total. The molecule has 0 bridgehead atoms. The van der Waals surface area contributed by atoms with Crippen molar-refractivity contribution in [3.05, 3.63) is 36.5 Å². The molecule has 0 aromatic rings. The van der Waals surface area contributed by atoms with E-state index in [4.69, 9.17) is 0 Å². The normalized spacial score (nSPS) is 15.2. The first kappa shape index (κ1) is 38.5. The molecule has 0 heterocycles. The summed E-state index contributed by atoms with van der Waals surface area (Å²) in [5.74, 6) is -0.605. The number of rotatable bonds is 28. The Morgan fingerprint density at radius 3 is 1.60 bits per heavy atom. The van der Waals surface area contributed by atoms with Crippen molar-refractivity contribution >= 4 is 5.91 Å².